The molecule has 0 aliphatic heterocycles. The Hall–Kier alpha value is -3.19. The van der Waals surface area contributed by atoms with Crippen LogP contribution in [0.25, 0.3) is 10.6 Å². The van der Waals surface area contributed by atoms with E-state index < -0.39 is 0 Å². The summed E-state index contributed by atoms with van der Waals surface area (Å²) in [6.07, 6.45) is 0.638. The number of carbonyl (C=O) groups excluding carboxylic acids is 2. The van der Waals surface area contributed by atoms with Crippen LogP contribution in [-0.2, 0) is 16.0 Å². The molecule has 7 heteroatoms. The highest BCUT2D eigenvalue weighted by atomic mass is 32.1. The van der Waals surface area contributed by atoms with E-state index in [-0.39, 0.29) is 18.4 Å². The van der Waals surface area contributed by atoms with Crippen LogP contribution in [0.3, 0.4) is 0 Å². The number of hydrogen-bond donors (Lipinski definition) is 2. The van der Waals surface area contributed by atoms with Gasteiger partial charge in [0.05, 0.1) is 5.69 Å². The highest BCUT2D eigenvalue weighted by molar-refractivity contribution is 7.13. The fourth-order valence-electron chi connectivity index (χ4n) is 2.53. The van der Waals surface area contributed by atoms with E-state index >= 15 is 0 Å². The minimum Gasteiger partial charge on any atom is -0.484 e. The van der Waals surface area contributed by atoms with E-state index in [2.05, 4.69) is 15.6 Å². The molecule has 2 aromatic carbocycles. The van der Waals surface area contributed by atoms with E-state index in [0.717, 1.165) is 22.0 Å². The molecule has 0 atom stereocenters. The molecule has 0 saturated heterocycles. The summed E-state index contributed by atoms with van der Waals surface area (Å²) in [5.74, 6) is 0.398. The Kier molecular flexibility index (Phi) is 6.75. The standard InChI is InChI=1S/C21H21N3O3S/c1-15(25)23-17-7-5-6-16(12-17)21-24-18(14-28-21)10-11-22-20(26)13-27-19-8-3-2-4-9-19/h2-9,12,14H,10-11,13H2,1H3,(H,22,26)(H,23,25). The van der Waals surface area contributed by atoms with E-state index in [1.807, 2.05) is 60.0 Å². The van der Waals surface area contributed by atoms with E-state index in [1.54, 1.807) is 0 Å². The fourth-order valence-corrected chi connectivity index (χ4v) is 3.39. The van der Waals surface area contributed by atoms with Crippen molar-refractivity contribution in [1.29, 1.82) is 0 Å². The lowest BCUT2D eigenvalue weighted by atomic mass is 10.2. The zero-order valence-corrected chi connectivity index (χ0v) is 16.3. The molecule has 0 fully saturated rings. The Morgan fingerprint density at radius 1 is 1.11 bits per heavy atom. The number of anilines is 1. The smallest absolute Gasteiger partial charge is 0.257 e. The van der Waals surface area contributed by atoms with Crippen molar-refractivity contribution in [2.45, 2.75) is 13.3 Å². The summed E-state index contributed by atoms with van der Waals surface area (Å²) in [4.78, 5) is 27.7. The number of aromatic nitrogens is 1. The van der Waals surface area contributed by atoms with Gasteiger partial charge < -0.3 is 15.4 Å². The molecule has 2 N–H and O–H groups in total. The molecule has 1 heterocycles. The maximum atomic E-state index is 11.9. The third-order valence-electron chi connectivity index (χ3n) is 3.80. The molecule has 0 radical (unpaired) electrons. The van der Waals surface area contributed by atoms with Gasteiger partial charge >= 0.3 is 0 Å². The molecule has 0 unspecified atom stereocenters. The van der Waals surface area contributed by atoms with E-state index in [4.69, 9.17) is 4.74 Å². The average molecular weight is 395 g/mol. The van der Waals surface area contributed by atoms with Crippen LogP contribution in [-0.4, -0.2) is 29.9 Å². The van der Waals surface area contributed by atoms with E-state index in [1.165, 1.54) is 18.3 Å². The Morgan fingerprint density at radius 2 is 1.93 bits per heavy atom. The summed E-state index contributed by atoms with van der Waals surface area (Å²) < 4.78 is 5.42. The summed E-state index contributed by atoms with van der Waals surface area (Å²) in [5.41, 5.74) is 2.60. The summed E-state index contributed by atoms with van der Waals surface area (Å²) >= 11 is 1.54. The van der Waals surface area contributed by atoms with Gasteiger partial charge in [-0.1, -0.05) is 30.3 Å². The topological polar surface area (TPSA) is 80.3 Å². The van der Waals surface area contributed by atoms with Crippen molar-refractivity contribution in [2.24, 2.45) is 0 Å². The molecular weight excluding hydrogens is 374 g/mol. The van der Waals surface area contributed by atoms with Crippen LogP contribution in [0.5, 0.6) is 5.75 Å². The van der Waals surface area contributed by atoms with Crippen molar-refractivity contribution >= 4 is 28.8 Å². The zero-order chi connectivity index (χ0) is 19.8. The Morgan fingerprint density at radius 3 is 2.71 bits per heavy atom. The van der Waals surface area contributed by atoms with Crippen LogP contribution < -0.4 is 15.4 Å². The van der Waals surface area contributed by atoms with Crippen LogP contribution >= 0.6 is 11.3 Å². The van der Waals surface area contributed by atoms with Crippen LogP contribution in [0, 0.1) is 0 Å². The molecule has 0 bridgehead atoms. The molecule has 3 aromatic rings. The van der Waals surface area contributed by atoms with Gasteiger partial charge in [-0.2, -0.15) is 0 Å². The van der Waals surface area contributed by atoms with Crippen molar-refractivity contribution in [2.75, 3.05) is 18.5 Å². The highest BCUT2D eigenvalue weighted by Crippen LogP contribution is 2.26. The number of nitrogens with zero attached hydrogens (tertiary/aromatic N) is 1. The van der Waals surface area contributed by atoms with Gasteiger partial charge in [-0.05, 0) is 24.3 Å². The summed E-state index contributed by atoms with van der Waals surface area (Å²) in [6.45, 7) is 1.96. The number of para-hydroxylation sites is 1. The maximum Gasteiger partial charge on any atom is 0.257 e. The van der Waals surface area contributed by atoms with Gasteiger partial charge in [0, 0.05) is 36.5 Å². The van der Waals surface area contributed by atoms with Gasteiger partial charge in [0.1, 0.15) is 10.8 Å². The first-order valence-electron chi connectivity index (χ1n) is 8.87. The summed E-state index contributed by atoms with van der Waals surface area (Å²) in [7, 11) is 0. The Balaban J connectivity index is 1.47. The quantitative estimate of drug-likeness (QED) is 0.612. The minimum absolute atomic E-state index is 0.0116. The van der Waals surface area contributed by atoms with Crippen LogP contribution in [0.15, 0.2) is 60.0 Å². The van der Waals surface area contributed by atoms with Crippen LogP contribution in [0.4, 0.5) is 5.69 Å². The molecule has 3 rings (SSSR count). The molecule has 0 saturated carbocycles. The van der Waals surface area contributed by atoms with E-state index in [9.17, 15) is 9.59 Å². The number of hydrogen-bond acceptors (Lipinski definition) is 5. The van der Waals surface area contributed by atoms with Crippen LogP contribution in [0.2, 0.25) is 0 Å². The first-order valence-corrected chi connectivity index (χ1v) is 9.75. The number of carbonyl (C=O) groups is 2. The number of thiazole rings is 1. The second-order valence-corrected chi connectivity index (χ2v) is 6.97. The molecule has 144 valence electrons. The number of ether oxygens (including phenoxy) is 1. The predicted molar refractivity (Wildman–Crippen MR) is 111 cm³/mol. The molecule has 6 nitrogen and oxygen atoms in total. The van der Waals surface area contributed by atoms with Crippen molar-refractivity contribution in [3.8, 4) is 16.3 Å². The third-order valence-corrected chi connectivity index (χ3v) is 4.74. The lowest BCUT2D eigenvalue weighted by Crippen LogP contribution is -2.30. The van der Waals surface area contributed by atoms with Crippen molar-refractivity contribution in [1.82, 2.24) is 10.3 Å². The van der Waals surface area contributed by atoms with Gasteiger partial charge in [0.15, 0.2) is 6.61 Å². The molecule has 28 heavy (non-hydrogen) atoms. The first-order chi connectivity index (χ1) is 13.6. The van der Waals surface area contributed by atoms with Crippen LogP contribution in [0.1, 0.15) is 12.6 Å². The highest BCUT2D eigenvalue weighted by Gasteiger charge is 2.07. The molecular formula is C21H21N3O3S. The molecule has 1 aromatic heterocycles. The molecule has 0 aliphatic carbocycles. The van der Waals surface area contributed by atoms with Crippen molar-refractivity contribution in [3.05, 3.63) is 65.7 Å². The van der Waals surface area contributed by atoms with Gasteiger partial charge in [0.2, 0.25) is 5.91 Å². The fraction of sp³-hybridized carbons (Fsp3) is 0.190. The molecule has 2 amide bonds. The number of benzene rings is 2. The third kappa shape index (κ3) is 5.92. The number of rotatable bonds is 8. The monoisotopic (exact) mass is 395 g/mol. The Labute approximate surface area is 167 Å². The average Bonchev–Trinajstić information content (AvgIpc) is 3.16. The van der Waals surface area contributed by atoms with Gasteiger partial charge in [-0.15, -0.1) is 11.3 Å². The zero-order valence-electron chi connectivity index (χ0n) is 15.5. The predicted octanol–water partition coefficient (Wildman–Crippen LogP) is 3.51. The van der Waals surface area contributed by atoms with Crippen molar-refractivity contribution < 1.29 is 14.3 Å². The largest absolute Gasteiger partial charge is 0.484 e. The number of amides is 2. The second-order valence-electron chi connectivity index (χ2n) is 6.11. The Bertz CT molecular complexity index is 941. The SMILES string of the molecule is CC(=O)Nc1cccc(-c2nc(CCNC(=O)COc3ccccc3)cs2)c1. The second kappa shape index (κ2) is 9.66. The normalized spacial score (nSPS) is 10.3. The molecule has 0 spiro atoms. The summed E-state index contributed by atoms with van der Waals surface area (Å²) in [5, 5.41) is 8.46. The maximum absolute atomic E-state index is 11.9. The molecule has 0 aliphatic rings. The lowest BCUT2D eigenvalue weighted by Gasteiger charge is -2.06. The van der Waals surface area contributed by atoms with Gasteiger partial charge in [0.25, 0.3) is 5.91 Å². The van der Waals surface area contributed by atoms with Gasteiger partial charge in [-0.25, -0.2) is 4.98 Å². The number of nitrogens with one attached hydrogen (secondary N) is 2. The summed E-state index contributed by atoms with van der Waals surface area (Å²) in [6, 6.07) is 16.8. The van der Waals surface area contributed by atoms with Gasteiger partial charge in [-0.3, -0.25) is 9.59 Å². The first kappa shape index (κ1) is 19.6. The van der Waals surface area contributed by atoms with E-state index in [0.29, 0.717) is 18.7 Å². The lowest BCUT2D eigenvalue weighted by molar-refractivity contribution is -0.123. The van der Waals surface area contributed by atoms with Crippen molar-refractivity contribution in [3.63, 3.8) is 0 Å². The minimum atomic E-state index is -0.165.